The highest BCUT2D eigenvalue weighted by Gasteiger charge is 2.38. The monoisotopic (exact) mass is 270 g/mol. The summed E-state index contributed by atoms with van der Waals surface area (Å²) in [7, 11) is 1.41. The number of hydrogen-bond acceptors (Lipinski definition) is 5. The van der Waals surface area contributed by atoms with Gasteiger partial charge in [-0.2, -0.15) is 0 Å². The third-order valence-electron chi connectivity index (χ3n) is 3.08. The molecule has 6 heteroatoms. The minimum absolute atomic E-state index is 0.125. The maximum atomic E-state index is 13.6. The summed E-state index contributed by atoms with van der Waals surface area (Å²) in [6, 6.07) is 2.67. The Morgan fingerprint density at radius 1 is 1.42 bits per heavy atom. The Morgan fingerprint density at radius 2 is 2.11 bits per heavy atom. The molecule has 1 heterocycles. The zero-order valence-electron chi connectivity index (χ0n) is 10.6. The SMILES string of the molecule is COc1cc(C)c(F)cc1[C@@H]1OC(CO)=C(O)C1O. The lowest BCUT2D eigenvalue weighted by Crippen LogP contribution is -2.17. The molecule has 0 radical (unpaired) electrons. The molecule has 0 amide bonds. The third kappa shape index (κ3) is 2.24. The normalized spacial score (nSPS) is 22.6. The molecule has 0 bridgehead atoms. The maximum Gasteiger partial charge on any atom is 0.165 e. The van der Waals surface area contributed by atoms with Crippen molar-refractivity contribution in [2.24, 2.45) is 0 Å². The second kappa shape index (κ2) is 5.07. The van der Waals surface area contributed by atoms with Crippen LogP contribution in [-0.2, 0) is 4.74 Å². The number of benzene rings is 1. The van der Waals surface area contributed by atoms with E-state index in [0.717, 1.165) is 0 Å². The van der Waals surface area contributed by atoms with Crippen LogP contribution in [0.1, 0.15) is 17.2 Å². The number of aliphatic hydroxyl groups is 3. The van der Waals surface area contributed by atoms with Gasteiger partial charge >= 0.3 is 0 Å². The average molecular weight is 270 g/mol. The first kappa shape index (κ1) is 13.6. The Hall–Kier alpha value is -1.79. The molecule has 5 nitrogen and oxygen atoms in total. The van der Waals surface area contributed by atoms with E-state index >= 15 is 0 Å². The van der Waals surface area contributed by atoms with Gasteiger partial charge in [-0.15, -0.1) is 0 Å². The van der Waals surface area contributed by atoms with Crippen LogP contribution in [0.4, 0.5) is 4.39 Å². The molecule has 104 valence electrons. The molecule has 0 aliphatic carbocycles. The summed E-state index contributed by atoms with van der Waals surface area (Å²) < 4.78 is 24.0. The number of methoxy groups -OCH3 is 1. The van der Waals surface area contributed by atoms with Gasteiger partial charge in [0.15, 0.2) is 23.7 Å². The summed E-state index contributed by atoms with van der Waals surface area (Å²) in [4.78, 5) is 0. The Kier molecular flexibility index (Phi) is 3.64. The first-order valence-corrected chi connectivity index (χ1v) is 5.71. The minimum Gasteiger partial charge on any atom is -0.506 e. The molecule has 1 aromatic rings. The van der Waals surface area contributed by atoms with Crippen molar-refractivity contribution in [2.45, 2.75) is 19.1 Å². The topological polar surface area (TPSA) is 79.2 Å². The third-order valence-corrected chi connectivity index (χ3v) is 3.08. The largest absolute Gasteiger partial charge is 0.506 e. The van der Waals surface area contributed by atoms with Crippen molar-refractivity contribution in [2.75, 3.05) is 13.7 Å². The lowest BCUT2D eigenvalue weighted by Gasteiger charge is -2.19. The van der Waals surface area contributed by atoms with Crippen LogP contribution in [0.5, 0.6) is 5.75 Å². The lowest BCUT2D eigenvalue weighted by atomic mass is 10.0. The van der Waals surface area contributed by atoms with Crippen LogP contribution in [0.2, 0.25) is 0 Å². The molecule has 0 fully saturated rings. The Bertz CT molecular complexity index is 526. The van der Waals surface area contributed by atoms with Crippen LogP contribution in [0, 0.1) is 12.7 Å². The van der Waals surface area contributed by atoms with E-state index in [2.05, 4.69) is 0 Å². The van der Waals surface area contributed by atoms with Crippen LogP contribution in [0.15, 0.2) is 23.7 Å². The highest BCUT2D eigenvalue weighted by atomic mass is 19.1. The summed E-state index contributed by atoms with van der Waals surface area (Å²) in [6.45, 7) is 1.04. The summed E-state index contributed by atoms with van der Waals surface area (Å²) in [5.41, 5.74) is 0.667. The van der Waals surface area contributed by atoms with Gasteiger partial charge in [0.1, 0.15) is 18.2 Å². The molecular formula is C13H15FO5. The highest BCUT2D eigenvalue weighted by Crippen LogP contribution is 2.39. The fraction of sp³-hybridized carbons (Fsp3) is 0.385. The van der Waals surface area contributed by atoms with Crippen molar-refractivity contribution in [3.8, 4) is 5.75 Å². The van der Waals surface area contributed by atoms with Gasteiger partial charge in [0.2, 0.25) is 0 Å². The quantitative estimate of drug-likeness (QED) is 0.772. The second-order valence-electron chi connectivity index (χ2n) is 4.29. The van der Waals surface area contributed by atoms with Gasteiger partial charge in [0, 0.05) is 5.56 Å². The fourth-order valence-corrected chi connectivity index (χ4v) is 2.01. The number of aliphatic hydroxyl groups excluding tert-OH is 3. The molecule has 1 unspecified atom stereocenters. The lowest BCUT2D eigenvalue weighted by molar-refractivity contribution is 0.0308. The number of ether oxygens (including phenoxy) is 2. The molecular weight excluding hydrogens is 255 g/mol. The van der Waals surface area contributed by atoms with E-state index in [1.54, 1.807) is 6.92 Å². The van der Waals surface area contributed by atoms with Gasteiger partial charge in [-0.3, -0.25) is 0 Å². The summed E-state index contributed by atoms with van der Waals surface area (Å²) in [6.07, 6.45) is -2.37. The van der Waals surface area contributed by atoms with Crippen LogP contribution in [-0.4, -0.2) is 35.1 Å². The second-order valence-corrected chi connectivity index (χ2v) is 4.29. The molecule has 19 heavy (non-hydrogen) atoms. The van der Waals surface area contributed by atoms with Crippen LogP contribution in [0.3, 0.4) is 0 Å². The van der Waals surface area contributed by atoms with E-state index in [1.165, 1.54) is 19.2 Å². The van der Waals surface area contributed by atoms with Gasteiger partial charge in [-0.05, 0) is 24.6 Å². The zero-order valence-corrected chi connectivity index (χ0v) is 10.6. The molecule has 0 saturated heterocycles. The molecule has 1 aliphatic rings. The predicted octanol–water partition coefficient (Wildman–Crippen LogP) is 1.34. The first-order valence-electron chi connectivity index (χ1n) is 5.71. The van der Waals surface area contributed by atoms with E-state index in [0.29, 0.717) is 11.3 Å². The number of halogens is 1. The number of rotatable bonds is 3. The van der Waals surface area contributed by atoms with Crippen molar-refractivity contribution < 1.29 is 29.2 Å². The van der Waals surface area contributed by atoms with E-state index in [4.69, 9.17) is 14.6 Å². The molecule has 1 aromatic carbocycles. The standard InChI is InChI=1S/C13H15FO5/c1-6-3-9(18-2)7(4-8(6)14)13-12(17)11(16)10(5-15)19-13/h3-4,12-13,15-17H,5H2,1-2H3/t12?,13-/m0/s1. The minimum atomic E-state index is -1.36. The van der Waals surface area contributed by atoms with Gasteiger partial charge in [-0.25, -0.2) is 4.39 Å². The van der Waals surface area contributed by atoms with Gasteiger partial charge in [-0.1, -0.05) is 0 Å². The van der Waals surface area contributed by atoms with Gasteiger partial charge in [0.25, 0.3) is 0 Å². The average Bonchev–Trinajstić information content (AvgIpc) is 2.69. The van der Waals surface area contributed by atoms with Crippen molar-refractivity contribution in [1.29, 1.82) is 0 Å². The van der Waals surface area contributed by atoms with E-state index < -0.39 is 30.4 Å². The van der Waals surface area contributed by atoms with E-state index in [-0.39, 0.29) is 11.3 Å². The van der Waals surface area contributed by atoms with Crippen LogP contribution >= 0.6 is 0 Å². The molecule has 3 N–H and O–H groups in total. The van der Waals surface area contributed by atoms with Gasteiger partial charge in [0.05, 0.1) is 7.11 Å². The summed E-state index contributed by atoms with van der Waals surface area (Å²) >= 11 is 0. The van der Waals surface area contributed by atoms with Gasteiger partial charge < -0.3 is 24.8 Å². The first-order chi connectivity index (χ1) is 8.99. The zero-order chi connectivity index (χ0) is 14.2. The van der Waals surface area contributed by atoms with Crippen molar-refractivity contribution in [1.82, 2.24) is 0 Å². The molecule has 2 rings (SSSR count). The fourth-order valence-electron chi connectivity index (χ4n) is 2.01. The molecule has 2 atom stereocenters. The van der Waals surface area contributed by atoms with Crippen molar-refractivity contribution in [3.05, 3.63) is 40.6 Å². The Labute approximate surface area is 109 Å². The molecule has 0 saturated carbocycles. The van der Waals surface area contributed by atoms with E-state index in [1.807, 2.05) is 0 Å². The predicted molar refractivity (Wildman–Crippen MR) is 64.3 cm³/mol. The van der Waals surface area contributed by atoms with Crippen molar-refractivity contribution >= 4 is 0 Å². The molecule has 1 aliphatic heterocycles. The maximum absolute atomic E-state index is 13.6. The van der Waals surface area contributed by atoms with Crippen LogP contribution in [0.25, 0.3) is 0 Å². The Morgan fingerprint density at radius 3 is 2.63 bits per heavy atom. The molecule has 0 spiro atoms. The summed E-state index contributed by atoms with van der Waals surface area (Å²) in [5, 5.41) is 28.4. The smallest absolute Gasteiger partial charge is 0.165 e. The van der Waals surface area contributed by atoms with Crippen molar-refractivity contribution in [3.63, 3.8) is 0 Å². The van der Waals surface area contributed by atoms with Crippen LogP contribution < -0.4 is 4.74 Å². The highest BCUT2D eigenvalue weighted by molar-refractivity contribution is 5.42. The van der Waals surface area contributed by atoms with E-state index in [9.17, 15) is 14.6 Å². The number of hydrogen-bond donors (Lipinski definition) is 3. The molecule has 0 aromatic heterocycles. The number of aryl methyl sites for hydroxylation is 1. The summed E-state index contributed by atoms with van der Waals surface area (Å²) in [5.74, 6) is -0.699. The Balaban J connectivity index is 2.42.